The van der Waals surface area contributed by atoms with Gasteiger partial charge in [-0.1, -0.05) is 62.4 Å². The zero-order valence-electron chi connectivity index (χ0n) is 18.0. The molecule has 0 bridgehead atoms. The summed E-state index contributed by atoms with van der Waals surface area (Å²) < 4.78 is 16.8. The van der Waals surface area contributed by atoms with E-state index in [1.807, 2.05) is 36.4 Å². The largest absolute Gasteiger partial charge is 0.457 e. The Morgan fingerprint density at radius 3 is 2.69 bits per heavy atom. The van der Waals surface area contributed by atoms with Crippen LogP contribution in [0, 0.1) is 0 Å². The molecule has 0 fully saturated rings. The number of amides is 2. The summed E-state index contributed by atoms with van der Waals surface area (Å²) >= 11 is 1.32. The van der Waals surface area contributed by atoms with E-state index in [4.69, 9.17) is 13.9 Å². The number of aromatic nitrogens is 2. The van der Waals surface area contributed by atoms with Crippen molar-refractivity contribution in [2.45, 2.75) is 38.9 Å². The smallest absolute Gasteiger partial charge is 0.327 e. The van der Waals surface area contributed by atoms with Crippen molar-refractivity contribution in [3.05, 3.63) is 77.0 Å². The average Bonchev–Trinajstić information content (AvgIpc) is 3.48. The Labute approximate surface area is 190 Å². The van der Waals surface area contributed by atoms with Gasteiger partial charge in [0.2, 0.25) is 18.1 Å². The van der Waals surface area contributed by atoms with Gasteiger partial charge in [-0.25, -0.2) is 14.8 Å². The first kappa shape index (κ1) is 21.6. The van der Waals surface area contributed by atoms with Gasteiger partial charge in [0.15, 0.2) is 5.13 Å². The first-order chi connectivity index (χ1) is 15.3. The van der Waals surface area contributed by atoms with Crippen LogP contribution in [0.1, 0.15) is 42.9 Å². The fraction of sp³-hybridized carbons (Fsp3) is 0.261. The van der Waals surface area contributed by atoms with E-state index in [0.29, 0.717) is 17.4 Å². The van der Waals surface area contributed by atoms with E-state index in [-0.39, 0.29) is 11.3 Å². The molecule has 0 saturated carbocycles. The van der Waals surface area contributed by atoms with Gasteiger partial charge in [0.05, 0.1) is 6.20 Å². The van der Waals surface area contributed by atoms with Gasteiger partial charge in [-0.05, 0) is 11.6 Å². The summed E-state index contributed by atoms with van der Waals surface area (Å²) in [6.45, 7) is 6.19. The Hall–Kier alpha value is -3.59. The number of nitrogens with zero attached hydrogens (tertiary/aromatic N) is 2. The third-order valence-corrected chi connectivity index (χ3v) is 5.34. The molecule has 0 radical (unpaired) electrons. The second-order valence-corrected chi connectivity index (χ2v) is 9.21. The molecule has 1 aliphatic heterocycles. The number of carbonyl (C=O) groups excluding carboxylic acids is 1. The molecule has 1 aromatic carbocycles. The summed E-state index contributed by atoms with van der Waals surface area (Å²) in [7, 11) is 0. The summed E-state index contributed by atoms with van der Waals surface area (Å²) in [5.74, 6) is 1.59. The highest BCUT2D eigenvalue weighted by Gasteiger charge is 2.22. The number of carbonyl (C=O) groups is 1. The molecular formula is C23H24N4O4S. The van der Waals surface area contributed by atoms with Crippen molar-refractivity contribution in [2.24, 2.45) is 0 Å². The van der Waals surface area contributed by atoms with Crippen molar-refractivity contribution < 1.29 is 18.7 Å². The lowest BCUT2D eigenvalue weighted by Gasteiger charge is -2.12. The van der Waals surface area contributed by atoms with Crippen LogP contribution in [-0.2, 0) is 21.3 Å². The Kier molecular flexibility index (Phi) is 6.27. The van der Waals surface area contributed by atoms with Crippen LogP contribution in [0.25, 0.3) is 12.2 Å². The molecule has 1 aliphatic rings. The number of rotatable bonds is 6. The molecule has 166 valence electrons. The molecule has 0 spiro atoms. The van der Waals surface area contributed by atoms with E-state index in [1.165, 1.54) is 17.6 Å². The fourth-order valence-electron chi connectivity index (χ4n) is 2.82. The second-order valence-electron chi connectivity index (χ2n) is 8.15. The molecule has 0 saturated heterocycles. The van der Waals surface area contributed by atoms with Gasteiger partial charge in [-0.15, -0.1) is 0 Å². The number of nitrogens with one attached hydrogen (secondary N) is 2. The highest BCUT2D eigenvalue weighted by Crippen LogP contribution is 2.25. The van der Waals surface area contributed by atoms with Gasteiger partial charge in [0, 0.05) is 29.0 Å². The summed E-state index contributed by atoms with van der Waals surface area (Å²) in [6, 6.07) is 9.38. The third kappa shape index (κ3) is 5.76. The molecule has 4 rings (SSSR count). The summed E-state index contributed by atoms with van der Waals surface area (Å²) in [5.41, 5.74) is 0.985. The molecule has 0 aliphatic carbocycles. The zero-order valence-corrected chi connectivity index (χ0v) is 18.8. The highest BCUT2D eigenvalue weighted by atomic mass is 32.1. The number of thiazole rings is 1. The molecular weight excluding hydrogens is 428 g/mol. The second kappa shape index (κ2) is 9.27. The number of ether oxygens (including phenoxy) is 2. The van der Waals surface area contributed by atoms with Crippen LogP contribution in [0.2, 0.25) is 0 Å². The summed E-state index contributed by atoms with van der Waals surface area (Å²) in [6.07, 6.45) is 8.50. The van der Waals surface area contributed by atoms with E-state index in [9.17, 15) is 4.79 Å². The molecule has 2 amide bonds. The fourth-order valence-corrected chi connectivity index (χ4v) is 3.53. The number of anilines is 1. The van der Waals surface area contributed by atoms with Gasteiger partial charge in [0.1, 0.15) is 12.0 Å². The van der Waals surface area contributed by atoms with Crippen molar-refractivity contribution in [3.63, 3.8) is 0 Å². The molecule has 2 aromatic heterocycles. The van der Waals surface area contributed by atoms with Crippen LogP contribution in [0.15, 0.2) is 59.3 Å². The zero-order chi connectivity index (χ0) is 22.6. The Bertz CT molecular complexity index is 1130. The first-order valence-electron chi connectivity index (χ1n) is 10.1. The van der Waals surface area contributed by atoms with Gasteiger partial charge in [0.25, 0.3) is 0 Å². The Balaban J connectivity index is 1.25. The topological polar surface area (TPSA) is 98.5 Å². The van der Waals surface area contributed by atoms with Crippen LogP contribution in [0.5, 0.6) is 0 Å². The standard InChI is InChI=1S/C23H24N4O4S/c1-23(2,3)17-13-24-18(30-17)10-9-16-12-25-22(32-16)27-21(28)26-19-14-29-20(31-19)11-15-7-5-4-6-8-15/h4-10,12-14,20H,11H2,1-3H3,(H2,25,26,27,28)/b10-9+. The summed E-state index contributed by atoms with van der Waals surface area (Å²) in [4.78, 5) is 21.6. The number of benzene rings is 1. The minimum atomic E-state index is -0.474. The van der Waals surface area contributed by atoms with Crippen LogP contribution >= 0.6 is 11.3 Å². The first-order valence-corrected chi connectivity index (χ1v) is 10.9. The molecule has 1 atom stereocenters. The Morgan fingerprint density at radius 2 is 1.94 bits per heavy atom. The van der Waals surface area contributed by atoms with E-state index >= 15 is 0 Å². The predicted octanol–water partition coefficient (Wildman–Crippen LogP) is 5.14. The number of hydrogen-bond acceptors (Lipinski definition) is 7. The number of hydrogen-bond donors (Lipinski definition) is 2. The molecule has 32 heavy (non-hydrogen) atoms. The predicted molar refractivity (Wildman–Crippen MR) is 123 cm³/mol. The molecule has 2 N–H and O–H groups in total. The van der Waals surface area contributed by atoms with Crippen molar-refractivity contribution >= 4 is 34.7 Å². The monoisotopic (exact) mass is 452 g/mol. The van der Waals surface area contributed by atoms with Crippen LogP contribution in [0.4, 0.5) is 9.93 Å². The van der Waals surface area contributed by atoms with E-state index < -0.39 is 12.3 Å². The van der Waals surface area contributed by atoms with Gasteiger partial charge in [-0.3, -0.25) is 10.6 Å². The van der Waals surface area contributed by atoms with Gasteiger partial charge in [-0.2, -0.15) is 0 Å². The molecule has 8 nitrogen and oxygen atoms in total. The maximum Gasteiger partial charge on any atom is 0.327 e. The van der Waals surface area contributed by atoms with Crippen LogP contribution in [-0.4, -0.2) is 22.3 Å². The van der Waals surface area contributed by atoms with Crippen molar-refractivity contribution in [1.82, 2.24) is 15.3 Å². The maximum absolute atomic E-state index is 12.2. The molecule has 9 heteroatoms. The minimum Gasteiger partial charge on any atom is -0.457 e. The van der Waals surface area contributed by atoms with Gasteiger partial charge < -0.3 is 13.9 Å². The van der Waals surface area contributed by atoms with Crippen LogP contribution in [0.3, 0.4) is 0 Å². The van der Waals surface area contributed by atoms with Crippen LogP contribution < -0.4 is 10.6 Å². The normalized spacial score (nSPS) is 15.8. The third-order valence-electron chi connectivity index (χ3n) is 4.46. The van der Waals surface area contributed by atoms with Crippen molar-refractivity contribution in [2.75, 3.05) is 5.32 Å². The summed E-state index contributed by atoms with van der Waals surface area (Å²) in [5, 5.41) is 5.75. The lowest BCUT2D eigenvalue weighted by Crippen LogP contribution is -2.29. The van der Waals surface area contributed by atoms with Crippen molar-refractivity contribution in [1.29, 1.82) is 0 Å². The average molecular weight is 453 g/mol. The lowest BCUT2D eigenvalue weighted by atomic mass is 9.94. The van der Waals surface area contributed by atoms with E-state index in [2.05, 4.69) is 41.4 Å². The highest BCUT2D eigenvalue weighted by molar-refractivity contribution is 7.16. The molecule has 3 heterocycles. The maximum atomic E-state index is 12.2. The SMILES string of the molecule is CC(C)(C)c1cnc(/C=C/c2cnc(NC(=O)NC3=COC(Cc4ccccc4)O3)s2)o1. The van der Waals surface area contributed by atoms with E-state index in [0.717, 1.165) is 16.2 Å². The van der Waals surface area contributed by atoms with Gasteiger partial charge >= 0.3 is 6.03 Å². The quantitative estimate of drug-likeness (QED) is 0.538. The number of oxazole rings is 1. The molecule has 1 unspecified atom stereocenters. The van der Waals surface area contributed by atoms with Crippen molar-refractivity contribution in [3.8, 4) is 0 Å². The minimum absolute atomic E-state index is 0.0981. The Morgan fingerprint density at radius 1 is 1.12 bits per heavy atom. The lowest BCUT2D eigenvalue weighted by molar-refractivity contribution is -0.0325. The van der Waals surface area contributed by atoms with E-state index in [1.54, 1.807) is 18.5 Å². The molecule has 3 aromatic rings. The number of urea groups is 1.